The maximum absolute atomic E-state index is 4.92. The molecule has 6 heteroatoms. The Morgan fingerprint density at radius 2 is 2.17 bits per heavy atom. The molecule has 0 aromatic rings. The zero-order valence-corrected chi connectivity index (χ0v) is 18.6. The van der Waals surface area contributed by atoms with Gasteiger partial charge in [-0.2, -0.15) is 0 Å². The minimum absolute atomic E-state index is 0. The topological polar surface area (TPSA) is 18.5 Å². The molecule has 0 saturated heterocycles. The monoisotopic (exact) mass is 428 g/mol. The van der Waals surface area contributed by atoms with E-state index in [1.54, 1.807) is 0 Å². The molecule has 0 aliphatic heterocycles. The molecule has 0 aliphatic carbocycles. The summed E-state index contributed by atoms with van der Waals surface area (Å²) in [4.78, 5) is 0. The predicted octanol–water partition coefficient (Wildman–Crippen LogP) is -3.80. The van der Waals surface area contributed by atoms with Crippen molar-refractivity contribution in [2.24, 2.45) is 0 Å². The summed E-state index contributed by atoms with van der Waals surface area (Å²) in [6.07, 6.45) is 0. The van der Waals surface area contributed by atoms with Crippen molar-refractivity contribution in [1.82, 2.24) is 0 Å². The maximum Gasteiger partial charge on any atom is 0 e. The van der Waals surface area contributed by atoms with E-state index in [1.807, 2.05) is 0 Å². The fraction of sp³-hybridized carbons (Fsp3) is 0. The van der Waals surface area contributed by atoms with Crippen LogP contribution in [0.1, 0.15) is 0 Å². The normalized spacial score (nSPS) is 10.0. The van der Waals surface area contributed by atoms with Crippen LogP contribution in [0.25, 0.3) is 0 Å². The van der Waals surface area contributed by atoms with Gasteiger partial charge in [-0.15, -0.1) is 0 Å². The molecule has 0 aromatic heterocycles. The first-order valence-corrected chi connectivity index (χ1v) is 7.84. The molecule has 0 fully saturated rings. The molecule has 0 unspecified atom stereocenters. The van der Waals surface area contributed by atoms with Gasteiger partial charge >= 0.3 is 59.6 Å². The Labute approximate surface area is 82.2 Å². The van der Waals surface area contributed by atoms with Crippen molar-refractivity contribution in [2.75, 3.05) is 0 Å². The summed E-state index contributed by atoms with van der Waals surface area (Å²) in [5.74, 6) is 0. The van der Waals surface area contributed by atoms with Gasteiger partial charge in [0.25, 0.3) is 0 Å². The summed E-state index contributed by atoms with van der Waals surface area (Å²) < 4.78 is 9.79. The van der Waals surface area contributed by atoms with Crippen LogP contribution >= 0.6 is 0 Å². The van der Waals surface area contributed by atoms with Crippen LogP contribution in [-0.4, -0.2) is 79.3 Å². The molecule has 0 amide bonds. The van der Waals surface area contributed by atoms with Crippen LogP contribution in [-0.2, 0) is 4.17 Å². The predicted molar refractivity (Wildman–Crippen MR) is 36.3 cm³/mol. The van der Waals surface area contributed by atoms with E-state index in [9.17, 15) is 0 Å². The van der Waals surface area contributed by atoms with Crippen molar-refractivity contribution in [3.8, 4) is 0 Å². The van der Waals surface area contributed by atoms with Crippen molar-refractivity contribution in [3.05, 3.63) is 0 Å². The van der Waals surface area contributed by atoms with Crippen LogP contribution < -0.4 is 0 Å². The number of hydrogen-bond acceptors (Lipinski definition) is 2. The van der Waals surface area contributed by atoms with Gasteiger partial charge < -0.3 is 0 Å². The van der Waals surface area contributed by atoms with Gasteiger partial charge in [-0.05, 0) is 0 Å². The average molecular weight is 424 g/mol. The fourth-order valence-corrected chi connectivity index (χ4v) is 15.9. The Balaban J connectivity index is 0. The van der Waals surface area contributed by atoms with Crippen molar-refractivity contribution in [2.45, 2.75) is 0 Å². The Morgan fingerprint density at radius 1 is 1.67 bits per heavy atom. The van der Waals surface area contributed by atoms with Crippen LogP contribution in [0.2, 0.25) is 0 Å². The number of hydrogen-bond donors (Lipinski definition) is 0. The minimum Gasteiger partial charge on any atom is 0 e. The van der Waals surface area contributed by atoms with Gasteiger partial charge in [0.05, 0.1) is 0 Å². The summed E-state index contributed by atoms with van der Waals surface area (Å²) in [6.45, 7) is 0. The van der Waals surface area contributed by atoms with E-state index in [0.29, 0.717) is 22.9 Å². The van der Waals surface area contributed by atoms with E-state index in [-0.39, 0.29) is 23.9 Å². The third-order valence-electron chi connectivity index (χ3n) is 0.236. The molecule has 0 aliphatic rings. The van der Waals surface area contributed by atoms with E-state index in [2.05, 4.69) is 0 Å². The molecule has 36 valence electrons. The van der Waals surface area contributed by atoms with Gasteiger partial charge in [-0.3, -0.25) is 0 Å². The van der Waals surface area contributed by atoms with E-state index >= 15 is 0 Å². The van der Waals surface area contributed by atoms with Gasteiger partial charge in [0.1, 0.15) is 0 Å². The summed E-state index contributed by atoms with van der Waals surface area (Å²) >= 11 is -0.430. The largest absolute Gasteiger partial charge is 0 e. The molecule has 2 nitrogen and oxygen atoms in total. The molecule has 0 saturated carbocycles. The number of rotatable bonds is 2. The van der Waals surface area contributed by atoms with Gasteiger partial charge in [-0.25, -0.2) is 0 Å². The SMILES string of the molecule is [SiH3][O][SnH2][O][SnH3].[Sn]. The summed E-state index contributed by atoms with van der Waals surface area (Å²) in [6, 6.07) is 0. The molecule has 0 aromatic carbocycles. The van der Waals surface area contributed by atoms with Gasteiger partial charge in [0.15, 0.2) is 0 Å². The maximum atomic E-state index is 4.92. The summed E-state index contributed by atoms with van der Waals surface area (Å²) in [5.41, 5.74) is 0. The first-order chi connectivity index (χ1) is 2.41. The van der Waals surface area contributed by atoms with Crippen LogP contribution in [0, 0.1) is 0 Å². The Kier molecular flexibility index (Phi) is 19.9. The summed E-state index contributed by atoms with van der Waals surface area (Å²) in [7, 11) is 0.901. The van der Waals surface area contributed by atoms with Crippen molar-refractivity contribution >= 4 is 79.3 Å². The molecule has 0 spiro atoms. The third-order valence-corrected chi connectivity index (χ3v) is 7.68. The Bertz CT molecular complexity index is 16.3. The van der Waals surface area contributed by atoms with Crippen LogP contribution in [0.5, 0.6) is 0 Å². The van der Waals surface area contributed by atoms with Crippen LogP contribution in [0.3, 0.4) is 0 Å². The molecular weight excluding hydrogens is 416 g/mol. The van der Waals surface area contributed by atoms with E-state index in [4.69, 9.17) is 4.17 Å². The second kappa shape index (κ2) is 10.5. The van der Waals surface area contributed by atoms with Crippen LogP contribution in [0.4, 0.5) is 0 Å². The zero-order chi connectivity index (χ0) is 4.12. The standard InChI is InChI=1S/H3OSi.O.3Sn.5H/c1-2;;;;;;;;;/h2H3;;;;;;;;;/q-1;;;;+1;;;;;. The van der Waals surface area contributed by atoms with Gasteiger partial charge in [0, 0.05) is 23.9 Å². The average Bonchev–Trinajstić information content (AvgIpc) is 1.41. The third kappa shape index (κ3) is 9.73. The second-order valence-corrected chi connectivity index (χ2v) is 19.6. The molecule has 0 bridgehead atoms. The van der Waals surface area contributed by atoms with E-state index in [1.165, 1.54) is 0 Å². The van der Waals surface area contributed by atoms with Crippen molar-refractivity contribution < 1.29 is 4.17 Å². The van der Waals surface area contributed by atoms with Gasteiger partial charge in [-0.1, -0.05) is 0 Å². The molecule has 4 radical (unpaired) electrons. The molecule has 6 heavy (non-hydrogen) atoms. The van der Waals surface area contributed by atoms with Gasteiger partial charge in [0.2, 0.25) is 0 Å². The van der Waals surface area contributed by atoms with E-state index < -0.39 is 22.0 Å². The molecule has 0 N–H and O–H groups in total. The quantitative estimate of drug-likeness (QED) is 0.424. The molecule has 0 atom stereocenters. The molecule has 0 heterocycles. The smallest absolute Gasteiger partial charge is 0 e. The first-order valence-electron chi connectivity index (χ1n) is 1.39. The fourth-order valence-electron chi connectivity index (χ4n) is 0.118. The second-order valence-electron chi connectivity index (χ2n) is 0.695. The van der Waals surface area contributed by atoms with Crippen molar-refractivity contribution in [1.29, 1.82) is 0 Å². The molecular formula is H8O2SiSn3. The summed E-state index contributed by atoms with van der Waals surface area (Å²) in [5, 5.41) is 0. The van der Waals surface area contributed by atoms with Crippen molar-refractivity contribution in [3.63, 3.8) is 0 Å². The first kappa shape index (κ1) is 11.3. The minimum atomic E-state index is -0.903. The van der Waals surface area contributed by atoms with Crippen LogP contribution in [0.15, 0.2) is 0 Å². The molecule has 0 rings (SSSR count). The Morgan fingerprint density at radius 3 is 2.17 bits per heavy atom. The van der Waals surface area contributed by atoms with E-state index in [0.717, 1.165) is 10.5 Å². The Hall–Kier alpha value is 2.53. The zero-order valence-electron chi connectivity index (χ0n) is 4.02.